The molecule has 0 N–H and O–H groups in total. The average molecular weight is 295 g/mol. The minimum Gasteiger partial charge on any atom is -0.282 e. The predicted molar refractivity (Wildman–Crippen MR) is 85.5 cm³/mol. The minimum atomic E-state index is -0.257. The summed E-state index contributed by atoms with van der Waals surface area (Å²) in [6.45, 7) is 6.55. The number of rotatable bonds is 2. The van der Waals surface area contributed by atoms with Gasteiger partial charge in [0.25, 0.3) is 0 Å². The van der Waals surface area contributed by atoms with Crippen molar-refractivity contribution in [3.63, 3.8) is 0 Å². The number of hydrogen-bond donors (Lipinski definition) is 0. The van der Waals surface area contributed by atoms with Crippen LogP contribution in [0.2, 0.25) is 0 Å². The van der Waals surface area contributed by atoms with Crippen molar-refractivity contribution in [2.75, 3.05) is 0 Å². The summed E-state index contributed by atoms with van der Waals surface area (Å²) in [5, 5.41) is 8.18. The molecule has 0 saturated heterocycles. The fourth-order valence-electron chi connectivity index (χ4n) is 2.34. The third kappa shape index (κ3) is 2.77. The number of aromatic nitrogens is 3. The van der Waals surface area contributed by atoms with Gasteiger partial charge in [-0.25, -0.2) is 4.39 Å². The van der Waals surface area contributed by atoms with Gasteiger partial charge in [-0.3, -0.25) is 4.57 Å². The Hall–Kier alpha value is -2.49. The molecule has 112 valence electrons. The van der Waals surface area contributed by atoms with Crippen LogP contribution in [0.3, 0.4) is 0 Å². The maximum Gasteiger partial charge on any atom is 0.168 e. The minimum absolute atomic E-state index is 0.114. The molecular weight excluding hydrogens is 277 g/mol. The SMILES string of the molecule is CC(C)(C)c1ccc(-c2nncn2-c2ccc(F)cc2)cc1. The lowest BCUT2D eigenvalue weighted by Crippen LogP contribution is -2.10. The van der Waals surface area contributed by atoms with Crippen LogP contribution < -0.4 is 0 Å². The molecule has 0 atom stereocenters. The third-order valence-electron chi connectivity index (χ3n) is 3.66. The van der Waals surface area contributed by atoms with Crippen molar-refractivity contribution in [1.29, 1.82) is 0 Å². The van der Waals surface area contributed by atoms with Crippen LogP contribution in [0.15, 0.2) is 54.9 Å². The molecule has 0 unspecified atom stereocenters. The highest BCUT2D eigenvalue weighted by Gasteiger charge is 2.14. The highest BCUT2D eigenvalue weighted by atomic mass is 19.1. The summed E-state index contributed by atoms with van der Waals surface area (Å²) in [6, 6.07) is 14.6. The molecule has 3 aromatic rings. The fourth-order valence-corrected chi connectivity index (χ4v) is 2.34. The second-order valence-corrected chi connectivity index (χ2v) is 6.33. The quantitative estimate of drug-likeness (QED) is 0.703. The van der Waals surface area contributed by atoms with Crippen LogP contribution in [-0.4, -0.2) is 14.8 Å². The van der Waals surface area contributed by atoms with Crippen molar-refractivity contribution in [1.82, 2.24) is 14.8 Å². The van der Waals surface area contributed by atoms with E-state index in [1.54, 1.807) is 18.5 Å². The second kappa shape index (κ2) is 5.37. The topological polar surface area (TPSA) is 30.7 Å². The molecule has 0 saturated carbocycles. The van der Waals surface area contributed by atoms with Gasteiger partial charge in [-0.1, -0.05) is 45.0 Å². The normalized spacial score (nSPS) is 11.6. The van der Waals surface area contributed by atoms with E-state index in [0.717, 1.165) is 17.1 Å². The van der Waals surface area contributed by atoms with Gasteiger partial charge < -0.3 is 0 Å². The Morgan fingerprint density at radius 2 is 1.55 bits per heavy atom. The smallest absolute Gasteiger partial charge is 0.168 e. The van der Waals surface area contributed by atoms with Crippen LogP contribution >= 0.6 is 0 Å². The lowest BCUT2D eigenvalue weighted by Gasteiger charge is -2.19. The lowest BCUT2D eigenvalue weighted by molar-refractivity contribution is 0.590. The summed E-state index contributed by atoms with van der Waals surface area (Å²) in [5.41, 5.74) is 3.20. The van der Waals surface area contributed by atoms with Crippen molar-refractivity contribution >= 4 is 0 Å². The van der Waals surface area contributed by atoms with Gasteiger partial charge in [0.1, 0.15) is 12.1 Å². The Balaban J connectivity index is 2.00. The molecule has 2 aromatic carbocycles. The first kappa shape index (κ1) is 14.4. The van der Waals surface area contributed by atoms with E-state index in [4.69, 9.17) is 0 Å². The average Bonchev–Trinajstić information content (AvgIpc) is 2.97. The Labute approximate surface area is 129 Å². The molecule has 22 heavy (non-hydrogen) atoms. The highest BCUT2D eigenvalue weighted by molar-refractivity contribution is 5.58. The molecule has 0 aliphatic heterocycles. The Morgan fingerprint density at radius 3 is 2.14 bits per heavy atom. The van der Waals surface area contributed by atoms with E-state index in [1.807, 2.05) is 16.7 Å². The number of hydrogen-bond acceptors (Lipinski definition) is 2. The first-order valence-corrected chi connectivity index (χ1v) is 7.22. The van der Waals surface area contributed by atoms with Crippen molar-refractivity contribution in [2.24, 2.45) is 0 Å². The summed E-state index contributed by atoms with van der Waals surface area (Å²) in [4.78, 5) is 0. The maximum absolute atomic E-state index is 13.1. The zero-order valence-electron chi connectivity index (χ0n) is 12.9. The molecule has 4 heteroatoms. The zero-order chi connectivity index (χ0) is 15.7. The summed E-state index contributed by atoms with van der Waals surface area (Å²) in [6.07, 6.45) is 1.64. The first-order chi connectivity index (χ1) is 10.4. The van der Waals surface area contributed by atoms with Crippen LogP contribution in [0.5, 0.6) is 0 Å². The number of benzene rings is 2. The number of halogens is 1. The van der Waals surface area contributed by atoms with Gasteiger partial charge in [-0.05, 0) is 35.2 Å². The van der Waals surface area contributed by atoms with Gasteiger partial charge in [0, 0.05) is 11.3 Å². The van der Waals surface area contributed by atoms with Gasteiger partial charge in [-0.2, -0.15) is 0 Å². The predicted octanol–water partition coefficient (Wildman–Crippen LogP) is 4.37. The van der Waals surface area contributed by atoms with Crippen molar-refractivity contribution in [2.45, 2.75) is 26.2 Å². The zero-order valence-corrected chi connectivity index (χ0v) is 12.9. The molecule has 0 amide bonds. The van der Waals surface area contributed by atoms with Crippen molar-refractivity contribution < 1.29 is 4.39 Å². The summed E-state index contributed by atoms with van der Waals surface area (Å²) < 4.78 is 14.9. The Kier molecular flexibility index (Phi) is 3.53. The van der Waals surface area contributed by atoms with Crippen LogP contribution in [0.25, 0.3) is 17.1 Å². The van der Waals surface area contributed by atoms with Crippen LogP contribution in [-0.2, 0) is 5.41 Å². The molecule has 0 bridgehead atoms. The Morgan fingerprint density at radius 1 is 0.909 bits per heavy atom. The van der Waals surface area contributed by atoms with Crippen LogP contribution in [0, 0.1) is 5.82 Å². The maximum atomic E-state index is 13.1. The molecule has 0 spiro atoms. The lowest BCUT2D eigenvalue weighted by atomic mass is 9.87. The second-order valence-electron chi connectivity index (χ2n) is 6.33. The largest absolute Gasteiger partial charge is 0.282 e. The molecule has 0 fully saturated rings. The van der Waals surface area contributed by atoms with E-state index in [1.165, 1.54) is 17.7 Å². The van der Waals surface area contributed by atoms with E-state index in [9.17, 15) is 4.39 Å². The van der Waals surface area contributed by atoms with Crippen LogP contribution in [0.4, 0.5) is 4.39 Å². The fraction of sp³-hybridized carbons (Fsp3) is 0.222. The molecule has 0 aliphatic carbocycles. The third-order valence-corrected chi connectivity index (χ3v) is 3.66. The van der Waals surface area contributed by atoms with Gasteiger partial charge in [0.05, 0.1) is 0 Å². The molecule has 0 radical (unpaired) electrons. The molecule has 0 aliphatic rings. The van der Waals surface area contributed by atoms with E-state index in [2.05, 4.69) is 43.1 Å². The molecular formula is C18H18FN3. The molecule has 1 heterocycles. The standard InChI is InChI=1S/C18H18FN3/c1-18(2,3)14-6-4-13(5-7-14)17-21-20-12-22(17)16-10-8-15(19)9-11-16/h4-12H,1-3H3. The first-order valence-electron chi connectivity index (χ1n) is 7.22. The Bertz CT molecular complexity index is 765. The van der Waals surface area contributed by atoms with Crippen molar-refractivity contribution in [3.05, 3.63) is 66.2 Å². The van der Waals surface area contributed by atoms with E-state index >= 15 is 0 Å². The number of nitrogens with zero attached hydrogens (tertiary/aromatic N) is 3. The molecule has 3 rings (SSSR count). The monoisotopic (exact) mass is 295 g/mol. The van der Waals surface area contributed by atoms with Gasteiger partial charge in [0.2, 0.25) is 0 Å². The van der Waals surface area contributed by atoms with Gasteiger partial charge >= 0.3 is 0 Å². The highest BCUT2D eigenvalue weighted by Crippen LogP contribution is 2.26. The molecule has 3 nitrogen and oxygen atoms in total. The summed E-state index contributed by atoms with van der Waals surface area (Å²) in [7, 11) is 0. The van der Waals surface area contributed by atoms with E-state index in [-0.39, 0.29) is 11.2 Å². The molecule has 1 aromatic heterocycles. The van der Waals surface area contributed by atoms with E-state index in [0.29, 0.717) is 0 Å². The summed E-state index contributed by atoms with van der Waals surface area (Å²) in [5.74, 6) is 0.486. The van der Waals surface area contributed by atoms with Gasteiger partial charge in [-0.15, -0.1) is 10.2 Å². The van der Waals surface area contributed by atoms with Crippen molar-refractivity contribution in [3.8, 4) is 17.1 Å². The van der Waals surface area contributed by atoms with E-state index < -0.39 is 0 Å². The van der Waals surface area contributed by atoms with Gasteiger partial charge in [0.15, 0.2) is 5.82 Å². The summed E-state index contributed by atoms with van der Waals surface area (Å²) >= 11 is 0. The van der Waals surface area contributed by atoms with Crippen LogP contribution in [0.1, 0.15) is 26.3 Å².